The Balaban J connectivity index is 1.39. The fourth-order valence-electron chi connectivity index (χ4n) is 8.74. The average molecular weight is 1220 g/mol. The third-order valence-electron chi connectivity index (χ3n) is 13.5. The summed E-state index contributed by atoms with van der Waals surface area (Å²) in [7, 11) is 1.91. The van der Waals surface area contributed by atoms with E-state index in [1.807, 2.05) is 0 Å². The minimum Gasteiger partial charge on any atom is -0.508 e. The van der Waals surface area contributed by atoms with Gasteiger partial charge in [-0.05, 0) is 122 Å². The SMILES string of the molecule is C[C@@H](O)[C@@H]1NC(=O)[C@H](CCCCN)NC(=O)[C@@H](Cc2ccc(NC(=O)c3ccccc3)cc2)NC(=O)[C@H](Cc2ccc(O)cc2)NC(=O)[C@H](NC(=O)[C@@H](N)Cc2ccc(Cl)cc2)CSSC[C@@H](C(=O)NC(Cc2ccc(O)cc2)C(N)=O)NC1=O. The normalized spacial score (nSPS) is 20.3. The lowest BCUT2D eigenvalue weighted by atomic mass is 10.0. The molecule has 9 atom stereocenters. The van der Waals surface area contributed by atoms with E-state index in [9.17, 15) is 58.5 Å². The van der Waals surface area contributed by atoms with E-state index in [1.54, 1.807) is 78.9 Å². The van der Waals surface area contributed by atoms with E-state index in [0.717, 1.165) is 21.6 Å². The molecule has 26 heteroatoms. The lowest BCUT2D eigenvalue weighted by Crippen LogP contribution is -2.62. The summed E-state index contributed by atoms with van der Waals surface area (Å²) in [6.45, 7) is 1.42. The number of aliphatic hydroxyl groups excluding tert-OH is 1. The smallest absolute Gasteiger partial charge is 0.255 e. The molecule has 1 fully saturated rings. The molecule has 6 rings (SSSR count). The summed E-state index contributed by atoms with van der Waals surface area (Å²) in [5.74, 6) is -8.39. The number of primary amides is 1. The monoisotopic (exact) mass is 1220 g/mol. The van der Waals surface area contributed by atoms with Gasteiger partial charge in [0, 0.05) is 47.0 Å². The first-order valence-corrected chi connectivity index (χ1v) is 30.1. The molecule has 17 N–H and O–H groups in total. The van der Waals surface area contributed by atoms with Gasteiger partial charge in [0.2, 0.25) is 47.3 Å². The van der Waals surface area contributed by atoms with Crippen molar-refractivity contribution in [3.05, 3.63) is 160 Å². The Morgan fingerprint density at radius 2 is 1.15 bits per heavy atom. The number of nitrogens with two attached hydrogens (primary N) is 3. The first kappa shape index (κ1) is 65.9. The summed E-state index contributed by atoms with van der Waals surface area (Å²) in [5.41, 5.74) is 20.9. The van der Waals surface area contributed by atoms with E-state index in [-0.39, 0.29) is 74.0 Å². The molecule has 0 radical (unpaired) electrons. The van der Waals surface area contributed by atoms with Crippen LogP contribution in [0.5, 0.6) is 11.5 Å². The van der Waals surface area contributed by atoms with Gasteiger partial charge < -0.3 is 75.1 Å². The number of rotatable bonds is 20. The Hall–Kier alpha value is -8.20. The third-order valence-corrected chi connectivity index (χ3v) is 16.2. The van der Waals surface area contributed by atoms with Crippen LogP contribution in [0.2, 0.25) is 5.02 Å². The number of phenolic OH excluding ortho intramolecular Hbond substituents is 2. The van der Waals surface area contributed by atoms with Crippen molar-refractivity contribution in [1.82, 2.24) is 37.2 Å². The Kier molecular flexibility index (Phi) is 25.4. The lowest BCUT2D eigenvalue weighted by Gasteiger charge is -2.29. The van der Waals surface area contributed by atoms with E-state index in [4.69, 9.17) is 28.8 Å². The molecule has 85 heavy (non-hydrogen) atoms. The molecular weight excluding hydrogens is 1150 g/mol. The molecule has 1 aliphatic rings. The zero-order valence-corrected chi connectivity index (χ0v) is 48.7. The number of amides is 9. The van der Waals surface area contributed by atoms with Crippen LogP contribution in [0.1, 0.15) is 58.8 Å². The highest BCUT2D eigenvalue weighted by Gasteiger charge is 2.36. The zero-order valence-electron chi connectivity index (χ0n) is 46.3. The topological polar surface area (TPSA) is 389 Å². The van der Waals surface area contributed by atoms with Gasteiger partial charge in [0.25, 0.3) is 5.91 Å². The van der Waals surface area contributed by atoms with E-state index in [2.05, 4.69) is 42.5 Å². The number of hydrogen-bond donors (Lipinski definition) is 14. The quantitative estimate of drug-likeness (QED) is 0.0387. The number of unbranched alkanes of at least 4 members (excludes halogenated alkanes) is 1. The maximum atomic E-state index is 14.9. The number of hydrogen-bond acceptors (Lipinski definition) is 16. The summed E-state index contributed by atoms with van der Waals surface area (Å²) >= 11 is 6.09. The molecule has 1 aliphatic heterocycles. The zero-order chi connectivity index (χ0) is 61.6. The van der Waals surface area contributed by atoms with Crippen molar-refractivity contribution in [2.24, 2.45) is 17.2 Å². The molecule has 1 saturated heterocycles. The lowest BCUT2D eigenvalue weighted by molar-refractivity contribution is -0.136. The second-order valence-corrected chi connectivity index (χ2v) is 23.2. The molecule has 1 unspecified atom stereocenters. The van der Waals surface area contributed by atoms with E-state index < -0.39 is 102 Å². The predicted octanol–water partition coefficient (Wildman–Crippen LogP) is 1.39. The van der Waals surface area contributed by atoms with Gasteiger partial charge in [0.15, 0.2) is 0 Å². The van der Waals surface area contributed by atoms with Gasteiger partial charge >= 0.3 is 0 Å². The van der Waals surface area contributed by atoms with Crippen LogP contribution < -0.4 is 59.7 Å². The highest BCUT2D eigenvalue weighted by Crippen LogP contribution is 2.25. The van der Waals surface area contributed by atoms with Gasteiger partial charge in [-0.1, -0.05) is 99.9 Å². The first-order chi connectivity index (χ1) is 40.6. The number of carbonyl (C=O) groups excluding carboxylic acids is 9. The summed E-state index contributed by atoms with van der Waals surface area (Å²) in [5, 5.41) is 52.9. The van der Waals surface area contributed by atoms with Crippen LogP contribution >= 0.6 is 33.2 Å². The predicted molar refractivity (Wildman–Crippen MR) is 324 cm³/mol. The molecule has 0 saturated carbocycles. The van der Waals surface area contributed by atoms with E-state index in [1.165, 1.54) is 55.5 Å². The minimum absolute atomic E-state index is 0.0247. The largest absolute Gasteiger partial charge is 0.508 e. The Morgan fingerprint density at radius 3 is 1.73 bits per heavy atom. The number of phenols is 2. The van der Waals surface area contributed by atoms with Crippen LogP contribution in [0.15, 0.2) is 127 Å². The van der Waals surface area contributed by atoms with Crippen molar-refractivity contribution in [3.8, 4) is 11.5 Å². The number of aromatic hydroxyl groups is 2. The van der Waals surface area contributed by atoms with Crippen LogP contribution in [-0.4, -0.2) is 141 Å². The number of carbonyl (C=O) groups is 9. The average Bonchev–Trinajstić information content (AvgIpc) is 3.62. The van der Waals surface area contributed by atoms with Crippen molar-refractivity contribution >= 4 is 92.0 Å². The van der Waals surface area contributed by atoms with Crippen LogP contribution in [0, 0.1) is 0 Å². The second-order valence-electron chi connectivity index (χ2n) is 20.2. The summed E-state index contributed by atoms with van der Waals surface area (Å²) in [6.07, 6.45) is -1.55. The molecule has 0 aliphatic carbocycles. The van der Waals surface area contributed by atoms with E-state index in [0.29, 0.717) is 44.9 Å². The fraction of sp³-hybridized carbons (Fsp3) is 0.339. The number of aliphatic hydroxyl groups is 1. The summed E-state index contributed by atoms with van der Waals surface area (Å²) in [6, 6.07) is 21.3. The first-order valence-electron chi connectivity index (χ1n) is 27.2. The molecule has 5 aromatic rings. The fourth-order valence-corrected chi connectivity index (χ4v) is 11.2. The molecule has 0 aromatic heterocycles. The van der Waals surface area contributed by atoms with Crippen molar-refractivity contribution in [3.63, 3.8) is 0 Å². The van der Waals surface area contributed by atoms with Crippen LogP contribution in [0.4, 0.5) is 5.69 Å². The van der Waals surface area contributed by atoms with Gasteiger partial charge in [-0.2, -0.15) is 0 Å². The molecule has 0 spiro atoms. The number of anilines is 1. The van der Waals surface area contributed by atoms with Crippen LogP contribution in [0.3, 0.4) is 0 Å². The number of halogens is 1. The van der Waals surface area contributed by atoms with Gasteiger partial charge in [-0.25, -0.2) is 0 Å². The van der Waals surface area contributed by atoms with Crippen LogP contribution in [0.25, 0.3) is 0 Å². The molecule has 452 valence electrons. The Morgan fingerprint density at radius 1 is 0.635 bits per heavy atom. The van der Waals surface area contributed by atoms with Gasteiger partial charge in [-0.15, -0.1) is 0 Å². The van der Waals surface area contributed by atoms with Crippen molar-refractivity contribution in [1.29, 1.82) is 0 Å². The highest BCUT2D eigenvalue weighted by atomic mass is 35.5. The molecule has 9 amide bonds. The molecule has 0 bridgehead atoms. The highest BCUT2D eigenvalue weighted by molar-refractivity contribution is 8.76. The summed E-state index contributed by atoms with van der Waals surface area (Å²) in [4.78, 5) is 127. The van der Waals surface area contributed by atoms with Gasteiger partial charge in [0.05, 0.1) is 12.1 Å². The molecule has 1 heterocycles. The van der Waals surface area contributed by atoms with Gasteiger partial charge in [0.1, 0.15) is 53.8 Å². The van der Waals surface area contributed by atoms with Crippen molar-refractivity contribution in [2.45, 2.75) is 106 Å². The van der Waals surface area contributed by atoms with E-state index >= 15 is 0 Å². The van der Waals surface area contributed by atoms with Crippen molar-refractivity contribution < 1.29 is 58.5 Å². The Bertz CT molecular complexity index is 3100. The van der Waals surface area contributed by atoms with Crippen molar-refractivity contribution in [2.75, 3.05) is 23.4 Å². The second kappa shape index (κ2) is 32.7. The maximum Gasteiger partial charge on any atom is 0.255 e. The summed E-state index contributed by atoms with van der Waals surface area (Å²) < 4.78 is 0. The van der Waals surface area contributed by atoms with Crippen LogP contribution in [-0.2, 0) is 64.0 Å². The molecule has 23 nitrogen and oxygen atoms in total. The van der Waals surface area contributed by atoms with Gasteiger partial charge in [-0.3, -0.25) is 43.2 Å². The number of nitrogens with one attached hydrogen (secondary N) is 8. The molecule has 5 aromatic carbocycles. The molecular formula is C59H70ClN11O12S2. The Labute approximate surface area is 503 Å². The number of benzene rings is 5. The third kappa shape index (κ3) is 21.1. The maximum absolute atomic E-state index is 14.9. The standard InChI is InChI=1S/C59H70ClN11O12S2/c1-33(72)50-59(83)70-49(57(81)66-45(51(63)75)28-36-14-22-41(73)23-15-36)32-85-84-31-48(69-53(77)43(62)27-34-10-18-39(60)19-11-34)58(82)68-47(30-37-16-24-42(74)25-17-37)56(80)67-46(55(79)65-44(54(78)71-50)9-5-6-26-61)29-35-12-20-40(21-13-35)64-52(76)38-7-3-2-4-8-38/h2-4,7-8,10-25,33,43-50,72-74H,5-6,9,26-32,61-62H2,1H3,(H2,63,75)(H,64,76)(H,65,79)(H,66,81)(H,67,80)(H,68,82)(H,69,77)(H,70,83)(H,71,78)/t33-,43+,44+,45?,46-,47+,48-,49+,50+/m1/s1. The minimum atomic E-state index is -1.76.